The number of aromatic nitrogens is 2. The molecule has 1 N–H and O–H groups in total. The Morgan fingerprint density at radius 1 is 1.13 bits per heavy atom. The van der Waals surface area contributed by atoms with Crippen LogP contribution in [-0.4, -0.2) is 26.1 Å². The van der Waals surface area contributed by atoms with Gasteiger partial charge < -0.3 is 14.8 Å². The quantitative estimate of drug-likeness (QED) is 0.569. The van der Waals surface area contributed by atoms with E-state index in [9.17, 15) is 4.39 Å². The molecule has 0 saturated carbocycles. The van der Waals surface area contributed by atoms with Crippen LogP contribution in [0.1, 0.15) is 48.6 Å². The number of halogens is 1. The lowest BCUT2D eigenvalue weighted by molar-refractivity contribution is 0.287. The van der Waals surface area contributed by atoms with Crippen LogP contribution >= 0.6 is 12.2 Å². The fourth-order valence-corrected chi connectivity index (χ4v) is 4.72. The van der Waals surface area contributed by atoms with Gasteiger partial charge in [0.05, 0.1) is 17.8 Å². The van der Waals surface area contributed by atoms with E-state index in [-0.39, 0.29) is 17.9 Å². The van der Waals surface area contributed by atoms with Gasteiger partial charge >= 0.3 is 0 Å². The van der Waals surface area contributed by atoms with E-state index < -0.39 is 0 Å². The lowest BCUT2D eigenvalue weighted by Gasteiger charge is -2.29. The monoisotopic (exact) mass is 422 g/mol. The van der Waals surface area contributed by atoms with Crippen molar-refractivity contribution in [3.63, 3.8) is 0 Å². The molecular weight excluding hydrogens is 395 g/mol. The normalized spacial score (nSPS) is 18.9. The van der Waals surface area contributed by atoms with Gasteiger partial charge in [-0.2, -0.15) is 0 Å². The predicted molar refractivity (Wildman–Crippen MR) is 122 cm³/mol. The largest absolute Gasteiger partial charge is 0.352 e. The average Bonchev–Trinajstić information content (AvgIpc) is 3.19. The fraction of sp³-hybridized carbons (Fsp3) is 0.333. The molecule has 2 aromatic heterocycles. The molecule has 3 aromatic rings. The van der Waals surface area contributed by atoms with Crippen LogP contribution in [0.4, 0.5) is 4.39 Å². The highest BCUT2D eigenvalue weighted by Crippen LogP contribution is 2.41. The SMILES string of the molecule is Cc1cc([C@@H]2[C@H](c3ccccn3)NC(=S)N2CC(C)C)c(C)n1-c1ccc(F)cc1. The summed E-state index contributed by atoms with van der Waals surface area (Å²) in [5.74, 6) is 0.237. The average molecular weight is 423 g/mol. The van der Waals surface area contributed by atoms with E-state index in [2.05, 4.69) is 53.5 Å². The summed E-state index contributed by atoms with van der Waals surface area (Å²) < 4.78 is 15.6. The van der Waals surface area contributed by atoms with Crippen LogP contribution in [0.5, 0.6) is 0 Å². The summed E-state index contributed by atoms with van der Waals surface area (Å²) in [5.41, 5.74) is 5.38. The molecule has 1 aliphatic rings. The number of pyridine rings is 1. The van der Waals surface area contributed by atoms with E-state index in [0.717, 1.165) is 34.4 Å². The van der Waals surface area contributed by atoms with Crippen molar-refractivity contribution in [2.75, 3.05) is 6.54 Å². The standard InChI is InChI=1S/C24H27FN4S/c1-15(2)14-28-23(22(27-24(28)30)21-7-5-6-12-26-21)20-13-16(3)29(17(20)4)19-10-8-18(25)9-11-19/h5-13,15,22-23H,14H2,1-4H3,(H,27,30)/t22-,23+/m0/s1. The molecule has 156 valence electrons. The summed E-state index contributed by atoms with van der Waals surface area (Å²) in [4.78, 5) is 6.90. The molecule has 0 amide bonds. The van der Waals surface area contributed by atoms with Gasteiger partial charge in [-0.1, -0.05) is 19.9 Å². The van der Waals surface area contributed by atoms with Crippen molar-refractivity contribution in [1.29, 1.82) is 0 Å². The molecule has 0 radical (unpaired) electrons. The number of nitrogens with zero attached hydrogens (tertiary/aromatic N) is 3. The maximum absolute atomic E-state index is 13.5. The van der Waals surface area contributed by atoms with E-state index in [1.807, 2.05) is 36.5 Å². The third kappa shape index (κ3) is 3.72. The van der Waals surface area contributed by atoms with E-state index >= 15 is 0 Å². The Labute approximate surface area is 182 Å². The van der Waals surface area contributed by atoms with E-state index in [1.54, 1.807) is 0 Å². The summed E-state index contributed by atoms with van der Waals surface area (Å²) in [6, 6.07) is 14.9. The molecule has 0 unspecified atom stereocenters. The van der Waals surface area contributed by atoms with Gasteiger partial charge in [-0.3, -0.25) is 4.98 Å². The Kier molecular flexibility index (Phi) is 5.60. The molecule has 4 rings (SSSR count). The molecule has 3 heterocycles. The zero-order valence-corrected chi connectivity index (χ0v) is 18.6. The van der Waals surface area contributed by atoms with Crippen LogP contribution in [0.2, 0.25) is 0 Å². The minimum absolute atomic E-state index is 0.0281. The third-order valence-corrected chi connectivity index (χ3v) is 5.99. The summed E-state index contributed by atoms with van der Waals surface area (Å²) in [6.07, 6.45) is 1.82. The van der Waals surface area contributed by atoms with Gasteiger partial charge in [0.1, 0.15) is 5.82 Å². The van der Waals surface area contributed by atoms with Gasteiger partial charge in [-0.05, 0) is 80.0 Å². The van der Waals surface area contributed by atoms with Gasteiger partial charge in [0, 0.05) is 29.8 Å². The highest BCUT2D eigenvalue weighted by atomic mass is 32.1. The van der Waals surface area contributed by atoms with Crippen LogP contribution in [-0.2, 0) is 0 Å². The summed E-state index contributed by atoms with van der Waals surface area (Å²) in [7, 11) is 0. The second-order valence-corrected chi connectivity index (χ2v) is 8.70. The Morgan fingerprint density at radius 2 is 1.87 bits per heavy atom. The van der Waals surface area contributed by atoms with Crippen molar-refractivity contribution in [3.05, 3.63) is 83.2 Å². The molecule has 1 aliphatic heterocycles. The van der Waals surface area contributed by atoms with Gasteiger partial charge in [0.25, 0.3) is 0 Å². The number of hydrogen-bond acceptors (Lipinski definition) is 2. The minimum Gasteiger partial charge on any atom is -0.352 e. The van der Waals surface area contributed by atoms with Gasteiger partial charge in [0.15, 0.2) is 5.11 Å². The van der Waals surface area contributed by atoms with Crippen LogP contribution in [0.15, 0.2) is 54.7 Å². The molecule has 2 atom stereocenters. The predicted octanol–water partition coefficient (Wildman–Crippen LogP) is 5.26. The lowest BCUT2D eigenvalue weighted by atomic mass is 9.96. The molecular formula is C24H27FN4S. The first kappa shape index (κ1) is 20.5. The van der Waals surface area contributed by atoms with Gasteiger partial charge in [0.2, 0.25) is 0 Å². The number of nitrogens with one attached hydrogen (secondary N) is 1. The Balaban J connectivity index is 1.83. The molecule has 1 fully saturated rings. The van der Waals surface area contributed by atoms with Gasteiger partial charge in [-0.15, -0.1) is 0 Å². The Hall–Kier alpha value is -2.73. The zero-order valence-electron chi connectivity index (χ0n) is 17.8. The maximum atomic E-state index is 13.5. The summed E-state index contributed by atoms with van der Waals surface area (Å²) >= 11 is 5.74. The van der Waals surface area contributed by atoms with Crippen molar-refractivity contribution >= 4 is 17.3 Å². The van der Waals surface area contributed by atoms with Crippen molar-refractivity contribution < 1.29 is 4.39 Å². The zero-order chi connectivity index (χ0) is 21.4. The highest BCUT2D eigenvalue weighted by Gasteiger charge is 2.41. The Morgan fingerprint density at radius 3 is 2.50 bits per heavy atom. The van der Waals surface area contributed by atoms with Crippen LogP contribution in [0.3, 0.4) is 0 Å². The van der Waals surface area contributed by atoms with Gasteiger partial charge in [-0.25, -0.2) is 4.39 Å². The smallest absolute Gasteiger partial charge is 0.170 e. The Bertz CT molecular complexity index is 1040. The maximum Gasteiger partial charge on any atom is 0.170 e. The van der Waals surface area contributed by atoms with Crippen LogP contribution in [0, 0.1) is 25.6 Å². The topological polar surface area (TPSA) is 33.1 Å². The van der Waals surface area contributed by atoms with Crippen molar-refractivity contribution in [1.82, 2.24) is 19.8 Å². The molecule has 0 aliphatic carbocycles. The van der Waals surface area contributed by atoms with Crippen LogP contribution < -0.4 is 5.32 Å². The third-order valence-electron chi connectivity index (χ3n) is 5.63. The first-order valence-corrected chi connectivity index (χ1v) is 10.7. The first-order chi connectivity index (χ1) is 14.4. The van der Waals surface area contributed by atoms with Crippen LogP contribution in [0.25, 0.3) is 5.69 Å². The second kappa shape index (κ2) is 8.19. The van der Waals surface area contributed by atoms with E-state index in [1.165, 1.54) is 17.7 Å². The number of thiocarbonyl (C=S) groups is 1. The molecule has 30 heavy (non-hydrogen) atoms. The number of hydrogen-bond donors (Lipinski definition) is 1. The van der Waals surface area contributed by atoms with E-state index in [4.69, 9.17) is 12.2 Å². The van der Waals surface area contributed by atoms with Crippen molar-refractivity contribution in [2.24, 2.45) is 5.92 Å². The lowest BCUT2D eigenvalue weighted by Crippen LogP contribution is -2.33. The molecule has 0 spiro atoms. The van der Waals surface area contributed by atoms with Crippen molar-refractivity contribution in [3.8, 4) is 5.69 Å². The summed E-state index contributed by atoms with van der Waals surface area (Å²) in [5, 5.41) is 4.27. The summed E-state index contributed by atoms with van der Waals surface area (Å²) in [6.45, 7) is 9.48. The number of aryl methyl sites for hydroxylation is 1. The molecule has 4 nitrogen and oxygen atoms in total. The molecule has 0 bridgehead atoms. The first-order valence-electron chi connectivity index (χ1n) is 10.3. The van der Waals surface area contributed by atoms with E-state index in [0.29, 0.717) is 5.92 Å². The number of rotatable bonds is 5. The number of benzene rings is 1. The fourth-order valence-electron chi connectivity index (χ4n) is 4.41. The molecule has 1 saturated heterocycles. The van der Waals surface area contributed by atoms with Crippen molar-refractivity contribution in [2.45, 2.75) is 39.8 Å². The second-order valence-electron chi connectivity index (χ2n) is 8.31. The minimum atomic E-state index is -0.231. The molecule has 6 heteroatoms. The molecule has 1 aromatic carbocycles. The highest BCUT2D eigenvalue weighted by molar-refractivity contribution is 7.80.